The van der Waals surface area contributed by atoms with Crippen molar-refractivity contribution in [2.75, 3.05) is 47.0 Å². The van der Waals surface area contributed by atoms with E-state index in [0.29, 0.717) is 58.7 Å². The molecule has 56 heavy (non-hydrogen) atoms. The van der Waals surface area contributed by atoms with Gasteiger partial charge in [-0.3, -0.25) is 19.2 Å². The van der Waals surface area contributed by atoms with Crippen LogP contribution in [-0.4, -0.2) is 116 Å². The van der Waals surface area contributed by atoms with Crippen molar-refractivity contribution in [3.8, 4) is 0 Å². The molecule has 3 aliphatic heterocycles. The lowest BCUT2D eigenvalue weighted by atomic mass is 9.95. The van der Waals surface area contributed by atoms with Crippen molar-refractivity contribution in [1.82, 2.24) is 9.80 Å². The second-order valence-corrected chi connectivity index (χ2v) is 14.4. The molecule has 14 heteroatoms. The Morgan fingerprint density at radius 1 is 0.625 bits per heavy atom. The van der Waals surface area contributed by atoms with Crippen LogP contribution in [0.4, 0.5) is 0 Å². The summed E-state index contributed by atoms with van der Waals surface area (Å²) >= 11 is 0. The van der Waals surface area contributed by atoms with Crippen LogP contribution in [0.1, 0.15) is 76.3 Å². The summed E-state index contributed by atoms with van der Waals surface area (Å²) in [5.41, 5.74) is 7.59. The largest absolute Gasteiger partial charge is 0.479 e. The Balaban J connectivity index is 0.000000234. The van der Waals surface area contributed by atoms with E-state index in [1.807, 2.05) is 74.5 Å². The number of carboxylic acids is 1. The summed E-state index contributed by atoms with van der Waals surface area (Å²) in [6, 6.07) is 19.2. The summed E-state index contributed by atoms with van der Waals surface area (Å²) in [5.74, 6) is -1.13. The number of nitrogens with zero attached hydrogens (tertiary/aromatic N) is 2. The number of amides is 2. The van der Waals surface area contributed by atoms with E-state index in [4.69, 9.17) is 34.5 Å². The van der Waals surface area contributed by atoms with Crippen LogP contribution < -0.4 is 5.73 Å². The molecule has 2 aromatic carbocycles. The zero-order chi connectivity index (χ0) is 40.9. The lowest BCUT2D eigenvalue weighted by Gasteiger charge is -2.30. The Labute approximate surface area is 330 Å². The van der Waals surface area contributed by atoms with Crippen LogP contribution in [0.2, 0.25) is 0 Å². The minimum atomic E-state index is -0.935. The van der Waals surface area contributed by atoms with Crippen molar-refractivity contribution in [2.24, 2.45) is 17.6 Å². The van der Waals surface area contributed by atoms with Gasteiger partial charge in [0.1, 0.15) is 25.4 Å². The van der Waals surface area contributed by atoms with Crippen molar-refractivity contribution in [3.63, 3.8) is 0 Å². The molecule has 3 aliphatic rings. The highest BCUT2D eigenvalue weighted by molar-refractivity contribution is 5.81. The van der Waals surface area contributed by atoms with E-state index in [2.05, 4.69) is 0 Å². The quantitative estimate of drug-likeness (QED) is 0.274. The average molecular weight is 784 g/mol. The highest BCUT2D eigenvalue weighted by Gasteiger charge is 2.31. The van der Waals surface area contributed by atoms with Crippen LogP contribution in [0.15, 0.2) is 60.7 Å². The number of carbonyl (C=O) groups excluding carboxylic acids is 4. The molecule has 310 valence electrons. The molecule has 2 aromatic rings. The van der Waals surface area contributed by atoms with Gasteiger partial charge in [-0.2, -0.15) is 0 Å². The third kappa shape index (κ3) is 16.8. The summed E-state index contributed by atoms with van der Waals surface area (Å²) in [6.07, 6.45) is 3.51. The molecule has 0 saturated carbocycles. The smallest absolute Gasteiger partial charge is 0.332 e. The first-order chi connectivity index (χ1) is 26.9. The van der Waals surface area contributed by atoms with Crippen molar-refractivity contribution < 1.29 is 52.8 Å². The van der Waals surface area contributed by atoms with Gasteiger partial charge in [0.2, 0.25) is 0 Å². The summed E-state index contributed by atoms with van der Waals surface area (Å²) in [4.78, 5) is 61.3. The van der Waals surface area contributed by atoms with Crippen molar-refractivity contribution >= 4 is 29.7 Å². The normalized spacial score (nSPS) is 23.1. The fraction of sp³-hybridized carbons (Fsp3) is 0.595. The topological polar surface area (TPSA) is 184 Å². The standard InChI is InChI=1S/C18H25NO4.C15H18O5.C9H18N2O2/c1-3-19(2)18(21)16-10-9-15(13-22-16)11-17(20)23-12-14-7-5-4-6-8-14;16-14(20-9-11-4-2-1-3-5-11)8-12-6-7-13(15(17)18)19-10-12;1-3-11(2)9(12)8-5-4-7(10)6-13-8/h4-8,15-16H,3,9-13H2,1-2H3;1-5,12-13H,6-10H2,(H,17,18);7-8H,3-6,10H2,1-2H3/t15-,16-;12-,13-;7-,8+/m001/s1. The number of carboxylic acid groups (broad SMARTS) is 1. The maximum absolute atomic E-state index is 12.0. The van der Waals surface area contributed by atoms with Crippen molar-refractivity contribution in [2.45, 2.75) is 103 Å². The molecule has 0 unspecified atom stereocenters. The molecule has 0 radical (unpaired) electrons. The fourth-order valence-corrected chi connectivity index (χ4v) is 6.16. The minimum Gasteiger partial charge on any atom is -0.479 e. The molecule has 0 bridgehead atoms. The lowest BCUT2D eigenvalue weighted by molar-refractivity contribution is -0.157. The van der Waals surface area contributed by atoms with Crippen molar-refractivity contribution in [1.29, 1.82) is 0 Å². The summed E-state index contributed by atoms with van der Waals surface area (Å²) in [7, 11) is 3.57. The molecule has 0 spiro atoms. The van der Waals surface area contributed by atoms with Crippen LogP contribution in [0.25, 0.3) is 0 Å². The maximum Gasteiger partial charge on any atom is 0.332 e. The number of rotatable bonds is 13. The predicted octanol–water partition coefficient (Wildman–Crippen LogP) is 4.36. The number of esters is 2. The van der Waals surface area contributed by atoms with Gasteiger partial charge in [-0.15, -0.1) is 0 Å². The highest BCUT2D eigenvalue weighted by atomic mass is 16.5. The summed E-state index contributed by atoms with van der Waals surface area (Å²) in [6.45, 7) is 7.11. The monoisotopic (exact) mass is 783 g/mol. The number of aliphatic carboxylic acids is 1. The Hall–Kier alpha value is -4.37. The second-order valence-electron chi connectivity index (χ2n) is 14.4. The van der Waals surface area contributed by atoms with E-state index in [1.165, 1.54) is 0 Å². The SMILES string of the molecule is CCN(C)C(=O)[C@@H]1CC[C@@H](CC(=O)OCc2ccccc2)CO1.CCN(C)C(=O)[C@@H]1CC[C@@H](N)CO1.O=C(C[C@@H]1CC[C@@H](C(=O)O)OC1)OCc1ccccc1. The molecule has 5 rings (SSSR count). The molecule has 2 amide bonds. The molecule has 3 heterocycles. The molecule has 14 nitrogen and oxygen atoms in total. The zero-order valence-corrected chi connectivity index (χ0v) is 33.3. The number of hydrogen-bond donors (Lipinski definition) is 2. The highest BCUT2D eigenvalue weighted by Crippen LogP contribution is 2.24. The summed E-state index contributed by atoms with van der Waals surface area (Å²) < 4.78 is 26.7. The molecule has 3 fully saturated rings. The van der Waals surface area contributed by atoms with Crippen molar-refractivity contribution in [3.05, 3.63) is 71.8 Å². The molecule has 0 aliphatic carbocycles. The molecule has 3 N–H and O–H groups in total. The van der Waals surface area contributed by atoms with E-state index in [0.717, 1.165) is 36.9 Å². The first-order valence-electron chi connectivity index (χ1n) is 19.6. The van der Waals surface area contributed by atoms with E-state index in [1.54, 1.807) is 23.9 Å². The van der Waals surface area contributed by atoms with Crippen LogP contribution in [-0.2, 0) is 60.9 Å². The third-order valence-electron chi connectivity index (χ3n) is 9.97. The van der Waals surface area contributed by atoms with Crippen LogP contribution in [0.3, 0.4) is 0 Å². The van der Waals surface area contributed by atoms with Gasteiger partial charge in [0.15, 0.2) is 6.10 Å². The van der Waals surface area contributed by atoms with Gasteiger partial charge in [0.25, 0.3) is 11.8 Å². The van der Waals surface area contributed by atoms with E-state index in [9.17, 15) is 24.0 Å². The van der Waals surface area contributed by atoms with Gasteiger partial charge >= 0.3 is 17.9 Å². The molecule has 6 atom stereocenters. The molecular weight excluding hydrogens is 722 g/mol. The Kier molecular flexibility index (Phi) is 20.5. The number of carbonyl (C=O) groups is 5. The minimum absolute atomic E-state index is 0.0256. The van der Waals surface area contributed by atoms with Gasteiger partial charge < -0.3 is 44.3 Å². The van der Waals surface area contributed by atoms with E-state index < -0.39 is 12.1 Å². The Morgan fingerprint density at radius 3 is 1.36 bits per heavy atom. The van der Waals surface area contributed by atoms with Crippen LogP contribution >= 0.6 is 0 Å². The van der Waals surface area contributed by atoms with Gasteiger partial charge in [0.05, 0.1) is 32.7 Å². The van der Waals surface area contributed by atoms with Gasteiger partial charge in [0, 0.05) is 33.2 Å². The number of benzene rings is 2. The maximum atomic E-state index is 12.0. The molecule has 0 aromatic heterocycles. The first kappa shape index (κ1) is 46.0. The Morgan fingerprint density at radius 2 is 1.02 bits per heavy atom. The zero-order valence-electron chi connectivity index (χ0n) is 33.3. The first-order valence-corrected chi connectivity index (χ1v) is 19.6. The predicted molar refractivity (Wildman–Crippen MR) is 208 cm³/mol. The van der Waals surface area contributed by atoms with Gasteiger partial charge in [-0.25, -0.2) is 4.79 Å². The van der Waals surface area contributed by atoms with E-state index >= 15 is 0 Å². The number of hydrogen-bond acceptors (Lipinski definition) is 11. The van der Waals surface area contributed by atoms with Gasteiger partial charge in [-0.05, 0) is 75.3 Å². The molecule has 3 saturated heterocycles. The van der Waals surface area contributed by atoms with Gasteiger partial charge in [-0.1, -0.05) is 60.7 Å². The summed E-state index contributed by atoms with van der Waals surface area (Å²) in [5, 5.41) is 8.80. The molecular formula is C42H61N3O11. The van der Waals surface area contributed by atoms with Crippen LogP contribution in [0.5, 0.6) is 0 Å². The lowest BCUT2D eigenvalue weighted by Crippen LogP contribution is -2.44. The third-order valence-corrected chi connectivity index (χ3v) is 9.97. The number of ether oxygens (including phenoxy) is 5. The van der Waals surface area contributed by atoms with E-state index in [-0.39, 0.29) is 66.9 Å². The Bertz CT molecular complexity index is 1470. The average Bonchev–Trinajstić information content (AvgIpc) is 3.23. The second kappa shape index (κ2) is 25.0. The number of likely N-dealkylation sites (N-methyl/N-ethyl adjacent to an activating group) is 2. The van der Waals surface area contributed by atoms with Crippen LogP contribution in [0, 0.1) is 11.8 Å². The fourth-order valence-electron chi connectivity index (χ4n) is 6.16. The number of nitrogens with two attached hydrogens (primary N) is 1.